The van der Waals surface area contributed by atoms with Crippen LogP contribution in [0.1, 0.15) is 11.6 Å². The van der Waals surface area contributed by atoms with Gasteiger partial charge in [0.2, 0.25) is 0 Å². The van der Waals surface area contributed by atoms with E-state index >= 15 is 0 Å². The maximum atomic E-state index is 9.20. The van der Waals surface area contributed by atoms with Gasteiger partial charge < -0.3 is 19.9 Å². The number of aliphatic hydroxyl groups is 1. The molecule has 0 heterocycles. The topological polar surface area (TPSA) is 50.7 Å². The van der Waals surface area contributed by atoms with Crippen molar-refractivity contribution in [2.45, 2.75) is 6.04 Å². The van der Waals surface area contributed by atoms with Crippen LogP contribution in [0.2, 0.25) is 5.02 Å². The zero-order valence-corrected chi connectivity index (χ0v) is 10.3. The highest BCUT2D eigenvalue weighted by molar-refractivity contribution is 6.33. The summed E-state index contributed by atoms with van der Waals surface area (Å²) in [5, 5.41) is 12.6. The Balaban J connectivity index is 3.22. The van der Waals surface area contributed by atoms with Crippen LogP contribution in [0.5, 0.6) is 11.5 Å². The van der Waals surface area contributed by atoms with Gasteiger partial charge in [-0.2, -0.15) is 0 Å². The Labute approximate surface area is 100 Å². The van der Waals surface area contributed by atoms with Crippen molar-refractivity contribution in [2.75, 3.05) is 27.9 Å². The predicted octanol–water partition coefficient (Wildman–Crippen LogP) is 1.61. The quantitative estimate of drug-likeness (QED) is 0.828. The van der Waals surface area contributed by atoms with Crippen LogP contribution in [0.25, 0.3) is 0 Å². The van der Waals surface area contributed by atoms with Crippen LogP contribution < -0.4 is 14.8 Å². The van der Waals surface area contributed by atoms with Crippen molar-refractivity contribution >= 4 is 11.6 Å². The van der Waals surface area contributed by atoms with Gasteiger partial charge in [0.1, 0.15) is 0 Å². The number of halogens is 1. The van der Waals surface area contributed by atoms with Crippen molar-refractivity contribution in [1.29, 1.82) is 0 Å². The fourth-order valence-corrected chi connectivity index (χ4v) is 1.88. The Morgan fingerprint density at radius 2 is 2.06 bits per heavy atom. The van der Waals surface area contributed by atoms with E-state index in [9.17, 15) is 5.11 Å². The van der Waals surface area contributed by atoms with Crippen molar-refractivity contribution in [3.8, 4) is 11.5 Å². The monoisotopic (exact) mass is 245 g/mol. The second-order valence-corrected chi connectivity index (χ2v) is 3.61. The number of methoxy groups -OCH3 is 2. The summed E-state index contributed by atoms with van der Waals surface area (Å²) in [5.41, 5.74) is 0.782. The highest BCUT2D eigenvalue weighted by Gasteiger charge is 2.18. The summed E-state index contributed by atoms with van der Waals surface area (Å²) in [4.78, 5) is 0. The predicted molar refractivity (Wildman–Crippen MR) is 63.4 cm³/mol. The standard InChI is InChI=1S/C11H16ClNO3/c1-13-8(6-14)7-4-5-9(15-2)11(16-3)10(7)12/h4-5,8,13-14H,6H2,1-3H3. The van der Waals surface area contributed by atoms with E-state index < -0.39 is 0 Å². The van der Waals surface area contributed by atoms with Gasteiger partial charge >= 0.3 is 0 Å². The van der Waals surface area contributed by atoms with Gasteiger partial charge in [0.25, 0.3) is 0 Å². The molecule has 4 nitrogen and oxygen atoms in total. The van der Waals surface area contributed by atoms with E-state index in [2.05, 4.69) is 5.32 Å². The molecule has 1 aromatic carbocycles. The zero-order valence-electron chi connectivity index (χ0n) is 9.58. The lowest BCUT2D eigenvalue weighted by molar-refractivity contribution is 0.250. The number of ether oxygens (including phenoxy) is 2. The van der Waals surface area contributed by atoms with Crippen LogP contribution in [0, 0.1) is 0 Å². The highest BCUT2D eigenvalue weighted by Crippen LogP contribution is 2.39. The molecule has 0 fully saturated rings. The van der Waals surface area contributed by atoms with Crippen LogP contribution >= 0.6 is 11.6 Å². The number of likely N-dealkylation sites (N-methyl/N-ethyl adjacent to an activating group) is 1. The molecule has 90 valence electrons. The van der Waals surface area contributed by atoms with E-state index in [1.807, 2.05) is 0 Å². The molecule has 0 saturated carbocycles. The van der Waals surface area contributed by atoms with Gasteiger partial charge in [0, 0.05) is 0 Å². The highest BCUT2D eigenvalue weighted by atomic mass is 35.5. The third-order valence-electron chi connectivity index (χ3n) is 2.42. The molecular formula is C11H16ClNO3. The Bertz CT molecular complexity index is 353. The molecule has 0 aliphatic carbocycles. The maximum absolute atomic E-state index is 9.20. The fourth-order valence-electron chi connectivity index (χ4n) is 1.52. The SMILES string of the molecule is CNC(CO)c1ccc(OC)c(OC)c1Cl. The molecule has 1 rings (SSSR count). The molecule has 1 unspecified atom stereocenters. The molecule has 1 aromatic rings. The Morgan fingerprint density at radius 1 is 1.38 bits per heavy atom. The smallest absolute Gasteiger partial charge is 0.179 e. The van der Waals surface area contributed by atoms with E-state index in [1.165, 1.54) is 7.11 Å². The third kappa shape index (κ3) is 2.40. The summed E-state index contributed by atoms with van der Waals surface area (Å²) in [6.45, 7) is -0.0360. The average molecular weight is 246 g/mol. The van der Waals surface area contributed by atoms with Crippen molar-refractivity contribution in [2.24, 2.45) is 0 Å². The molecule has 0 amide bonds. The Hall–Kier alpha value is -0.970. The molecule has 0 bridgehead atoms. The summed E-state index contributed by atoms with van der Waals surface area (Å²) in [5.74, 6) is 1.06. The first kappa shape index (κ1) is 13.1. The lowest BCUT2D eigenvalue weighted by Crippen LogP contribution is -2.20. The molecular weight excluding hydrogens is 230 g/mol. The number of hydrogen-bond acceptors (Lipinski definition) is 4. The maximum Gasteiger partial charge on any atom is 0.179 e. The van der Waals surface area contributed by atoms with Crippen molar-refractivity contribution in [1.82, 2.24) is 5.32 Å². The number of aliphatic hydroxyl groups excluding tert-OH is 1. The molecule has 0 saturated heterocycles. The molecule has 2 N–H and O–H groups in total. The summed E-state index contributed by atoms with van der Waals surface area (Å²) in [6.07, 6.45) is 0. The molecule has 0 radical (unpaired) electrons. The summed E-state index contributed by atoms with van der Waals surface area (Å²) in [7, 11) is 4.84. The second kappa shape index (κ2) is 5.94. The van der Waals surface area contributed by atoms with Gasteiger partial charge in [-0.1, -0.05) is 17.7 Å². The fraction of sp³-hybridized carbons (Fsp3) is 0.455. The lowest BCUT2D eigenvalue weighted by Gasteiger charge is -2.18. The van der Waals surface area contributed by atoms with Crippen molar-refractivity contribution in [3.05, 3.63) is 22.7 Å². The van der Waals surface area contributed by atoms with E-state index in [0.29, 0.717) is 16.5 Å². The minimum absolute atomic E-state index is 0.0360. The van der Waals surface area contributed by atoms with Crippen LogP contribution in [0.4, 0.5) is 0 Å². The van der Waals surface area contributed by atoms with Gasteiger partial charge in [0.05, 0.1) is 31.9 Å². The van der Waals surface area contributed by atoms with Crippen LogP contribution in [0.15, 0.2) is 12.1 Å². The molecule has 16 heavy (non-hydrogen) atoms. The normalized spacial score (nSPS) is 12.3. The first-order valence-electron chi connectivity index (χ1n) is 4.88. The molecule has 5 heteroatoms. The zero-order chi connectivity index (χ0) is 12.1. The summed E-state index contributed by atoms with van der Waals surface area (Å²) >= 11 is 6.19. The Kier molecular flexibility index (Phi) is 4.86. The Morgan fingerprint density at radius 3 is 2.50 bits per heavy atom. The molecule has 0 aliphatic heterocycles. The van der Waals surface area contributed by atoms with E-state index in [0.717, 1.165) is 5.56 Å². The number of rotatable bonds is 5. The van der Waals surface area contributed by atoms with Gasteiger partial charge in [-0.3, -0.25) is 0 Å². The third-order valence-corrected chi connectivity index (χ3v) is 2.81. The summed E-state index contributed by atoms with van der Waals surface area (Å²) < 4.78 is 10.3. The molecule has 0 aliphatic rings. The van der Waals surface area contributed by atoms with Crippen molar-refractivity contribution < 1.29 is 14.6 Å². The minimum Gasteiger partial charge on any atom is -0.493 e. The lowest BCUT2D eigenvalue weighted by atomic mass is 10.1. The number of hydrogen-bond donors (Lipinski definition) is 2. The molecule has 0 aromatic heterocycles. The number of nitrogens with one attached hydrogen (secondary N) is 1. The van der Waals surface area contributed by atoms with Crippen LogP contribution in [-0.2, 0) is 0 Å². The van der Waals surface area contributed by atoms with E-state index in [1.54, 1.807) is 26.3 Å². The van der Waals surface area contributed by atoms with Gasteiger partial charge in [-0.15, -0.1) is 0 Å². The molecule has 0 spiro atoms. The first-order chi connectivity index (χ1) is 7.69. The molecule has 1 atom stereocenters. The van der Waals surface area contributed by atoms with E-state index in [4.69, 9.17) is 21.1 Å². The summed E-state index contributed by atoms with van der Waals surface area (Å²) in [6, 6.07) is 3.36. The average Bonchev–Trinajstić information content (AvgIpc) is 2.32. The van der Waals surface area contributed by atoms with Gasteiger partial charge in [-0.25, -0.2) is 0 Å². The van der Waals surface area contributed by atoms with Gasteiger partial charge in [0.15, 0.2) is 11.5 Å². The van der Waals surface area contributed by atoms with Crippen LogP contribution in [-0.4, -0.2) is 33.0 Å². The largest absolute Gasteiger partial charge is 0.493 e. The second-order valence-electron chi connectivity index (χ2n) is 3.23. The van der Waals surface area contributed by atoms with Gasteiger partial charge in [-0.05, 0) is 18.7 Å². The van der Waals surface area contributed by atoms with Crippen LogP contribution in [0.3, 0.4) is 0 Å². The van der Waals surface area contributed by atoms with E-state index in [-0.39, 0.29) is 12.6 Å². The number of benzene rings is 1. The van der Waals surface area contributed by atoms with Crippen molar-refractivity contribution in [3.63, 3.8) is 0 Å². The minimum atomic E-state index is -0.215. The first-order valence-corrected chi connectivity index (χ1v) is 5.25.